The summed E-state index contributed by atoms with van der Waals surface area (Å²) in [4.78, 5) is 0. The van der Waals surface area contributed by atoms with Crippen molar-refractivity contribution < 1.29 is 55.7 Å². The van der Waals surface area contributed by atoms with E-state index in [9.17, 15) is 0 Å². The Balaban J connectivity index is -0.00000000167. The summed E-state index contributed by atoms with van der Waals surface area (Å²) in [6.45, 7) is 0. The molecule has 0 saturated carbocycles. The number of hydrogen-bond acceptors (Lipinski definition) is 1. The van der Waals surface area contributed by atoms with Gasteiger partial charge in [0.25, 0.3) is 0 Å². The van der Waals surface area contributed by atoms with Crippen molar-refractivity contribution in [1.29, 1.82) is 0 Å². The predicted octanol–water partition coefficient (Wildman–Crippen LogP) is -0.737. The first-order chi connectivity index (χ1) is 1.00. The van der Waals surface area contributed by atoms with Crippen molar-refractivity contribution in [3.05, 3.63) is 0 Å². The zero-order valence-corrected chi connectivity index (χ0v) is 7.86. The molecule has 0 spiro atoms. The van der Waals surface area contributed by atoms with Gasteiger partial charge in [-0.25, -0.2) is 0 Å². The van der Waals surface area contributed by atoms with E-state index in [2.05, 4.69) is 0 Å². The van der Waals surface area contributed by atoms with E-state index in [0.717, 1.165) is 0 Å². The molecule has 5 heavy (non-hydrogen) atoms. The molecule has 3 nitrogen and oxygen atoms in total. The van der Waals surface area contributed by atoms with Crippen LogP contribution in [0, 0.1) is 41.7 Å². The van der Waals surface area contributed by atoms with Crippen LogP contribution in [0.5, 0.6) is 0 Å². The van der Waals surface area contributed by atoms with E-state index < -0.39 is 0 Å². The van der Waals surface area contributed by atoms with E-state index in [4.69, 9.17) is 3.02 Å². The fraction of sp³-hybridized carbons (Fsp3) is 0. The number of rotatable bonds is 0. The molecular formula is CeO3Sb. The van der Waals surface area contributed by atoms with Gasteiger partial charge < -0.3 is 11.0 Å². The molecule has 0 aliphatic carbocycles. The third-order valence-electron chi connectivity index (χ3n) is 0. The normalized spacial score (nSPS) is 0.800. The zero-order valence-electron chi connectivity index (χ0n) is 2.17. The van der Waals surface area contributed by atoms with E-state index >= 15 is 0 Å². The summed E-state index contributed by atoms with van der Waals surface area (Å²) in [6.07, 6.45) is 0. The Bertz CT molecular complexity index is 6.85. The summed E-state index contributed by atoms with van der Waals surface area (Å²) in [5, 5.41) is 0. The Morgan fingerprint density at radius 3 is 1.00 bits per heavy atom. The Hall–Kier alpha value is 1.91. The first-order valence-electron chi connectivity index (χ1n) is 0.183. The SMILES string of the molecule is [Ce+3].[O-2].[O-2].[O]=[Sb+]. The van der Waals surface area contributed by atoms with Crippen molar-refractivity contribution in [2.45, 2.75) is 0 Å². The van der Waals surface area contributed by atoms with Crippen molar-refractivity contribution in [2.75, 3.05) is 0 Å². The van der Waals surface area contributed by atoms with Gasteiger partial charge in [-0.1, -0.05) is 0 Å². The molecule has 0 aromatic rings. The molecule has 0 aromatic carbocycles. The van der Waals surface area contributed by atoms with Gasteiger partial charge in [-0.3, -0.25) is 0 Å². The Morgan fingerprint density at radius 2 is 1.00 bits per heavy atom. The molecule has 0 rings (SSSR count). The molecule has 0 bridgehead atoms. The molecule has 0 aliphatic heterocycles. The van der Waals surface area contributed by atoms with Crippen LogP contribution >= 0.6 is 0 Å². The van der Waals surface area contributed by atoms with Crippen LogP contribution in [0.3, 0.4) is 0 Å². The van der Waals surface area contributed by atoms with Crippen molar-refractivity contribution in [2.24, 2.45) is 0 Å². The van der Waals surface area contributed by atoms with Crippen LogP contribution in [0.1, 0.15) is 0 Å². The maximum absolute atomic E-state index is 8.30. The third-order valence-corrected chi connectivity index (χ3v) is 0. The van der Waals surface area contributed by atoms with E-state index in [1.807, 2.05) is 0 Å². The molecule has 0 aliphatic rings. The fourth-order valence-electron chi connectivity index (χ4n) is 0. The Labute approximate surface area is 77.4 Å². The Morgan fingerprint density at radius 1 is 1.00 bits per heavy atom. The van der Waals surface area contributed by atoms with Gasteiger partial charge in [0.15, 0.2) is 0 Å². The number of hydrogen-bond donors (Lipinski definition) is 0. The zero-order chi connectivity index (χ0) is 2.00. The minimum absolute atomic E-state index is 0. The molecule has 0 N–H and O–H groups in total. The van der Waals surface area contributed by atoms with Gasteiger partial charge in [-0.15, -0.1) is 0 Å². The van der Waals surface area contributed by atoms with Gasteiger partial charge in [-0.2, -0.15) is 0 Å². The summed E-state index contributed by atoms with van der Waals surface area (Å²) < 4.78 is 8.30. The van der Waals surface area contributed by atoms with Gasteiger partial charge >= 0.3 is 67.8 Å². The van der Waals surface area contributed by atoms with Gasteiger partial charge in [0, 0.05) is 0 Å². The second-order valence-electron chi connectivity index (χ2n) is 0. The van der Waals surface area contributed by atoms with Gasteiger partial charge in [-0.05, 0) is 0 Å². The van der Waals surface area contributed by atoms with E-state index in [1.165, 1.54) is 0 Å². The van der Waals surface area contributed by atoms with Crippen LogP contribution in [0.4, 0.5) is 0 Å². The first kappa shape index (κ1) is 28.5. The molecule has 5 heteroatoms. The van der Waals surface area contributed by atoms with Crippen molar-refractivity contribution in [3.8, 4) is 0 Å². The molecule has 3 radical (unpaired) electrons. The van der Waals surface area contributed by atoms with Crippen LogP contribution in [0.15, 0.2) is 0 Å². The molecule has 0 amide bonds. The van der Waals surface area contributed by atoms with Crippen LogP contribution in [0.25, 0.3) is 0 Å². The van der Waals surface area contributed by atoms with E-state index in [1.54, 1.807) is 0 Å². The first-order valence-corrected chi connectivity index (χ1v) is 1.22. The van der Waals surface area contributed by atoms with Crippen molar-refractivity contribution >= 4 is 23.0 Å². The molecule has 0 heterocycles. The second kappa shape index (κ2) is 39.0. The molecule has 0 aromatic heterocycles. The van der Waals surface area contributed by atoms with E-state index in [0.29, 0.717) is 23.0 Å². The summed E-state index contributed by atoms with van der Waals surface area (Å²) in [5.74, 6) is 0. The van der Waals surface area contributed by atoms with Gasteiger partial charge in [0.1, 0.15) is 0 Å². The summed E-state index contributed by atoms with van der Waals surface area (Å²) in [6, 6.07) is 0. The maximum atomic E-state index is 8.30. The second-order valence-corrected chi connectivity index (χ2v) is 0. The average molecular weight is 310 g/mol. The third kappa shape index (κ3) is 24.7. The van der Waals surface area contributed by atoms with Crippen molar-refractivity contribution in [1.82, 2.24) is 0 Å². The molecular weight excluding hydrogens is 310 g/mol. The molecule has 0 unspecified atom stereocenters. The Kier molecular flexibility index (Phi) is 222. The van der Waals surface area contributed by atoms with Crippen LogP contribution in [-0.4, -0.2) is 23.0 Å². The van der Waals surface area contributed by atoms with Crippen LogP contribution in [-0.2, 0) is 14.0 Å². The fourth-order valence-corrected chi connectivity index (χ4v) is 0. The molecule has 0 atom stereocenters. The topological polar surface area (TPSA) is 74.1 Å². The monoisotopic (exact) mass is 309 g/mol. The standard InChI is InChI=1S/Ce.3O.Sb/q+3;;2*-2;+1. The van der Waals surface area contributed by atoms with Crippen molar-refractivity contribution in [3.63, 3.8) is 0 Å². The average Bonchev–Trinajstić information content (AvgIpc) is 1.00. The van der Waals surface area contributed by atoms with Crippen LogP contribution < -0.4 is 0 Å². The minimum atomic E-state index is 0. The molecule has 0 fully saturated rings. The van der Waals surface area contributed by atoms with Gasteiger partial charge in [0.2, 0.25) is 0 Å². The predicted molar refractivity (Wildman–Crippen MR) is 7.81 cm³/mol. The molecule has 0 saturated heterocycles. The van der Waals surface area contributed by atoms with Gasteiger partial charge in [0.05, 0.1) is 0 Å². The summed E-state index contributed by atoms with van der Waals surface area (Å²) >= 11 is 0.500. The van der Waals surface area contributed by atoms with Crippen LogP contribution in [0.2, 0.25) is 0 Å². The summed E-state index contributed by atoms with van der Waals surface area (Å²) in [7, 11) is 0. The van der Waals surface area contributed by atoms with E-state index in [-0.39, 0.29) is 52.7 Å². The summed E-state index contributed by atoms with van der Waals surface area (Å²) in [5.41, 5.74) is 0. The molecule has 27 valence electrons. The quantitative estimate of drug-likeness (QED) is 0.543.